The van der Waals surface area contributed by atoms with Crippen molar-refractivity contribution in [1.82, 2.24) is 5.32 Å². The molecule has 0 amide bonds. The maximum atomic E-state index is 3.93. The Bertz CT molecular complexity index is 214. The van der Waals surface area contributed by atoms with Crippen molar-refractivity contribution >= 4 is 0 Å². The Morgan fingerprint density at radius 2 is 1.24 bits per heavy atom. The van der Waals surface area contributed by atoms with E-state index in [0.29, 0.717) is 5.41 Å². The van der Waals surface area contributed by atoms with Gasteiger partial charge in [-0.15, -0.1) is 0 Å². The molecule has 0 atom stereocenters. The van der Waals surface area contributed by atoms with E-state index in [0.717, 1.165) is 18.0 Å². The van der Waals surface area contributed by atoms with Crippen molar-refractivity contribution in [3.63, 3.8) is 0 Å². The van der Waals surface area contributed by atoms with Crippen LogP contribution in [0.1, 0.15) is 78.6 Å². The highest BCUT2D eigenvalue weighted by Gasteiger charge is 2.30. The van der Waals surface area contributed by atoms with Gasteiger partial charge in [0, 0.05) is 12.1 Å². The molecule has 1 heteroatoms. The van der Waals surface area contributed by atoms with Crippen molar-refractivity contribution in [2.45, 2.75) is 90.6 Å². The van der Waals surface area contributed by atoms with Gasteiger partial charge in [-0.05, 0) is 49.9 Å². The molecule has 0 aliphatic heterocycles. The van der Waals surface area contributed by atoms with Gasteiger partial charge < -0.3 is 5.32 Å². The van der Waals surface area contributed by atoms with Gasteiger partial charge in [-0.1, -0.05) is 40.0 Å². The van der Waals surface area contributed by atoms with Crippen LogP contribution in [0.25, 0.3) is 0 Å². The predicted octanol–water partition coefficient (Wildman–Crippen LogP) is 4.51. The van der Waals surface area contributed by atoms with Gasteiger partial charge in [-0.3, -0.25) is 0 Å². The Balaban J connectivity index is 1.71. The summed E-state index contributed by atoms with van der Waals surface area (Å²) in [6.07, 6.45) is 12.9. The Morgan fingerprint density at radius 3 is 1.76 bits per heavy atom. The van der Waals surface area contributed by atoms with Crippen molar-refractivity contribution < 1.29 is 0 Å². The second-order valence-electron chi connectivity index (χ2n) is 7.42. The summed E-state index contributed by atoms with van der Waals surface area (Å²) in [7, 11) is 0. The number of hydrogen-bond acceptors (Lipinski definition) is 1. The molecule has 0 aromatic carbocycles. The van der Waals surface area contributed by atoms with E-state index in [9.17, 15) is 0 Å². The number of nitrogens with one attached hydrogen (secondary N) is 1. The first-order valence-corrected chi connectivity index (χ1v) is 7.82. The van der Waals surface area contributed by atoms with Gasteiger partial charge in [0.25, 0.3) is 0 Å². The summed E-state index contributed by atoms with van der Waals surface area (Å²) in [6, 6.07) is 1.68. The molecule has 0 unspecified atom stereocenters. The van der Waals surface area contributed by atoms with E-state index in [1.54, 1.807) is 0 Å². The normalized spacial score (nSPS) is 32.6. The van der Waals surface area contributed by atoms with Crippen molar-refractivity contribution in [2.75, 3.05) is 0 Å². The first-order chi connectivity index (χ1) is 8.05. The molecule has 2 aliphatic rings. The molecule has 0 aromatic rings. The average Bonchev–Trinajstić information content (AvgIpc) is 2.30. The summed E-state index contributed by atoms with van der Waals surface area (Å²) in [6.45, 7) is 7.23. The zero-order chi connectivity index (χ0) is 12.3. The average molecular weight is 237 g/mol. The van der Waals surface area contributed by atoms with Crippen LogP contribution in [-0.2, 0) is 0 Å². The van der Waals surface area contributed by atoms with Crippen molar-refractivity contribution in [1.29, 1.82) is 0 Å². The number of hydrogen-bond donors (Lipinski definition) is 1. The molecule has 0 aromatic heterocycles. The SMILES string of the molecule is CC(C)(C)C1CCC(NC2CCCCC2)CC1. The fourth-order valence-electron chi connectivity index (χ4n) is 3.73. The lowest BCUT2D eigenvalue weighted by Crippen LogP contribution is -2.42. The highest BCUT2D eigenvalue weighted by Crippen LogP contribution is 2.38. The van der Waals surface area contributed by atoms with E-state index in [4.69, 9.17) is 0 Å². The Labute approximate surface area is 108 Å². The van der Waals surface area contributed by atoms with Gasteiger partial charge in [0.1, 0.15) is 0 Å². The van der Waals surface area contributed by atoms with Crippen molar-refractivity contribution in [2.24, 2.45) is 11.3 Å². The Hall–Kier alpha value is -0.0400. The van der Waals surface area contributed by atoms with Crippen molar-refractivity contribution in [3.05, 3.63) is 0 Å². The summed E-state index contributed by atoms with van der Waals surface area (Å²) in [5.74, 6) is 0.951. The van der Waals surface area contributed by atoms with E-state index in [2.05, 4.69) is 26.1 Å². The Morgan fingerprint density at radius 1 is 0.706 bits per heavy atom. The van der Waals surface area contributed by atoms with E-state index >= 15 is 0 Å². The molecule has 1 nitrogen and oxygen atoms in total. The van der Waals surface area contributed by atoms with Gasteiger partial charge in [0.2, 0.25) is 0 Å². The third-order valence-corrected chi connectivity index (χ3v) is 5.03. The smallest absolute Gasteiger partial charge is 0.00698 e. The first-order valence-electron chi connectivity index (χ1n) is 7.82. The minimum Gasteiger partial charge on any atom is -0.311 e. The van der Waals surface area contributed by atoms with Crippen molar-refractivity contribution in [3.8, 4) is 0 Å². The van der Waals surface area contributed by atoms with Gasteiger partial charge in [-0.25, -0.2) is 0 Å². The fourth-order valence-corrected chi connectivity index (χ4v) is 3.73. The largest absolute Gasteiger partial charge is 0.311 e. The molecule has 0 saturated heterocycles. The lowest BCUT2D eigenvalue weighted by atomic mass is 9.71. The van der Waals surface area contributed by atoms with Crippen LogP contribution in [0.5, 0.6) is 0 Å². The molecular formula is C16H31N. The van der Waals surface area contributed by atoms with Crippen LogP contribution in [0.2, 0.25) is 0 Å². The molecule has 0 bridgehead atoms. The first kappa shape index (κ1) is 13.4. The van der Waals surface area contributed by atoms with Crippen LogP contribution in [0.3, 0.4) is 0 Å². The monoisotopic (exact) mass is 237 g/mol. The molecular weight excluding hydrogens is 206 g/mol. The zero-order valence-electron chi connectivity index (χ0n) is 12.1. The third-order valence-electron chi connectivity index (χ3n) is 5.03. The van der Waals surface area contributed by atoms with E-state index in [-0.39, 0.29) is 0 Å². The molecule has 2 aliphatic carbocycles. The molecule has 17 heavy (non-hydrogen) atoms. The minimum atomic E-state index is 0.524. The molecule has 1 N–H and O–H groups in total. The molecule has 0 heterocycles. The van der Waals surface area contributed by atoms with Crippen LogP contribution in [-0.4, -0.2) is 12.1 Å². The molecule has 2 saturated carbocycles. The minimum absolute atomic E-state index is 0.524. The zero-order valence-corrected chi connectivity index (χ0v) is 12.1. The highest BCUT2D eigenvalue weighted by molar-refractivity contribution is 4.85. The van der Waals surface area contributed by atoms with E-state index in [1.165, 1.54) is 57.8 Å². The molecule has 2 fully saturated rings. The summed E-state index contributed by atoms with van der Waals surface area (Å²) < 4.78 is 0. The van der Waals surface area contributed by atoms with E-state index < -0.39 is 0 Å². The number of rotatable bonds is 2. The standard InChI is InChI=1S/C16H31N/c1-16(2,3)13-9-11-15(12-10-13)17-14-7-5-4-6-8-14/h13-15,17H,4-12H2,1-3H3. The van der Waals surface area contributed by atoms with Crippen LogP contribution >= 0.6 is 0 Å². The van der Waals surface area contributed by atoms with Crippen LogP contribution in [0.15, 0.2) is 0 Å². The Kier molecular flexibility index (Phi) is 4.52. The summed E-state index contributed by atoms with van der Waals surface area (Å²) >= 11 is 0. The van der Waals surface area contributed by atoms with Gasteiger partial charge in [0.15, 0.2) is 0 Å². The fraction of sp³-hybridized carbons (Fsp3) is 1.00. The summed E-state index contributed by atoms with van der Waals surface area (Å²) in [5.41, 5.74) is 0.524. The van der Waals surface area contributed by atoms with E-state index in [1.807, 2.05) is 0 Å². The molecule has 0 radical (unpaired) electrons. The second kappa shape index (κ2) is 5.73. The predicted molar refractivity (Wildman–Crippen MR) is 75.2 cm³/mol. The summed E-state index contributed by atoms with van der Waals surface area (Å²) in [5, 5.41) is 3.93. The van der Waals surface area contributed by atoms with Gasteiger partial charge >= 0.3 is 0 Å². The van der Waals surface area contributed by atoms with Crippen LogP contribution < -0.4 is 5.32 Å². The van der Waals surface area contributed by atoms with Crippen LogP contribution in [0.4, 0.5) is 0 Å². The second-order valence-corrected chi connectivity index (χ2v) is 7.42. The maximum absolute atomic E-state index is 3.93. The quantitative estimate of drug-likeness (QED) is 0.745. The highest BCUT2D eigenvalue weighted by atomic mass is 15.0. The van der Waals surface area contributed by atoms with Gasteiger partial charge in [0.05, 0.1) is 0 Å². The molecule has 2 rings (SSSR count). The molecule has 0 spiro atoms. The third kappa shape index (κ3) is 3.98. The maximum Gasteiger partial charge on any atom is 0.00698 e. The lowest BCUT2D eigenvalue weighted by molar-refractivity contribution is 0.152. The molecule has 100 valence electrons. The van der Waals surface area contributed by atoms with Gasteiger partial charge in [-0.2, -0.15) is 0 Å². The summed E-state index contributed by atoms with van der Waals surface area (Å²) in [4.78, 5) is 0. The van der Waals surface area contributed by atoms with Crippen LogP contribution in [0, 0.1) is 11.3 Å². The topological polar surface area (TPSA) is 12.0 Å². The lowest BCUT2D eigenvalue weighted by Gasteiger charge is -2.39.